The molecule has 0 aromatic rings. The van der Waals surface area contributed by atoms with Gasteiger partial charge in [-0.2, -0.15) is 0 Å². The van der Waals surface area contributed by atoms with Crippen LogP contribution in [-0.2, 0) is 4.79 Å². The number of carboxylic acid groups (broad SMARTS) is 1. The summed E-state index contributed by atoms with van der Waals surface area (Å²) < 4.78 is 0. The number of hydrogen-bond donors (Lipinski definition) is 3. The van der Waals surface area contributed by atoms with Crippen molar-refractivity contribution in [2.45, 2.75) is 57.4 Å². The highest BCUT2D eigenvalue weighted by atomic mass is 16.4. The molecule has 120 valence electrons. The van der Waals surface area contributed by atoms with Crippen LogP contribution in [0.15, 0.2) is 0 Å². The normalized spacial score (nSPS) is 25.4. The number of carbonyl (C=O) groups is 2. The lowest BCUT2D eigenvalue weighted by Crippen LogP contribution is -2.50. The van der Waals surface area contributed by atoms with E-state index in [-0.39, 0.29) is 25.2 Å². The minimum absolute atomic E-state index is 0.0303. The van der Waals surface area contributed by atoms with Crippen molar-refractivity contribution < 1.29 is 19.8 Å². The van der Waals surface area contributed by atoms with Gasteiger partial charge in [0.15, 0.2) is 0 Å². The van der Waals surface area contributed by atoms with Crippen molar-refractivity contribution in [1.29, 1.82) is 0 Å². The second kappa shape index (κ2) is 7.11. The van der Waals surface area contributed by atoms with Crippen molar-refractivity contribution in [3.63, 3.8) is 0 Å². The van der Waals surface area contributed by atoms with E-state index in [9.17, 15) is 19.8 Å². The number of nitrogens with zero attached hydrogens (tertiary/aromatic N) is 1. The first-order valence-corrected chi connectivity index (χ1v) is 7.98. The summed E-state index contributed by atoms with van der Waals surface area (Å²) in [4.78, 5) is 25.5. The quantitative estimate of drug-likeness (QED) is 0.735. The highest BCUT2D eigenvalue weighted by Crippen LogP contribution is 2.37. The molecule has 1 atom stereocenters. The van der Waals surface area contributed by atoms with Gasteiger partial charge in [-0.25, -0.2) is 4.79 Å². The van der Waals surface area contributed by atoms with E-state index in [1.807, 2.05) is 0 Å². The predicted molar refractivity (Wildman–Crippen MR) is 78.0 cm³/mol. The number of likely N-dealkylation sites (tertiary alicyclic amines) is 1. The number of aliphatic hydroxyl groups is 1. The van der Waals surface area contributed by atoms with E-state index in [4.69, 9.17) is 0 Å². The average molecular weight is 298 g/mol. The molecule has 2 aliphatic rings. The minimum Gasteiger partial charge on any atom is -0.481 e. The van der Waals surface area contributed by atoms with Gasteiger partial charge in [0.25, 0.3) is 0 Å². The number of rotatable bonds is 4. The molecule has 1 saturated carbocycles. The Kier molecular flexibility index (Phi) is 5.45. The van der Waals surface area contributed by atoms with Crippen molar-refractivity contribution in [2.24, 2.45) is 5.41 Å². The zero-order valence-electron chi connectivity index (χ0n) is 12.5. The Morgan fingerprint density at radius 2 is 1.86 bits per heavy atom. The van der Waals surface area contributed by atoms with Gasteiger partial charge in [0.1, 0.15) is 0 Å². The lowest BCUT2D eigenvalue weighted by Gasteiger charge is -2.31. The van der Waals surface area contributed by atoms with Crippen molar-refractivity contribution in [1.82, 2.24) is 10.2 Å². The van der Waals surface area contributed by atoms with Crippen LogP contribution in [0.3, 0.4) is 0 Å². The van der Waals surface area contributed by atoms with Crippen LogP contribution < -0.4 is 5.32 Å². The van der Waals surface area contributed by atoms with E-state index in [1.165, 1.54) is 0 Å². The summed E-state index contributed by atoms with van der Waals surface area (Å²) in [6, 6.07) is -0.375. The molecule has 1 heterocycles. The zero-order valence-corrected chi connectivity index (χ0v) is 12.5. The first kappa shape index (κ1) is 16.1. The number of carboxylic acids is 1. The Morgan fingerprint density at radius 1 is 1.14 bits per heavy atom. The van der Waals surface area contributed by atoms with Crippen molar-refractivity contribution in [3.05, 3.63) is 0 Å². The van der Waals surface area contributed by atoms with Crippen LogP contribution in [0.25, 0.3) is 0 Å². The first-order valence-electron chi connectivity index (χ1n) is 7.98. The minimum atomic E-state index is -0.810. The van der Waals surface area contributed by atoms with Crippen LogP contribution in [0.1, 0.15) is 51.4 Å². The molecular weight excluding hydrogens is 272 g/mol. The summed E-state index contributed by atoms with van der Waals surface area (Å²) in [5.74, 6) is -0.810. The van der Waals surface area contributed by atoms with Crippen LogP contribution in [0.5, 0.6) is 0 Å². The lowest BCUT2D eigenvalue weighted by molar-refractivity contribution is -0.148. The summed E-state index contributed by atoms with van der Waals surface area (Å²) in [6.45, 7) is 0.796. The Labute approximate surface area is 125 Å². The largest absolute Gasteiger partial charge is 0.481 e. The fraction of sp³-hybridized carbons (Fsp3) is 0.867. The molecule has 2 rings (SSSR count). The Morgan fingerprint density at radius 3 is 2.48 bits per heavy atom. The van der Waals surface area contributed by atoms with Gasteiger partial charge in [-0.05, 0) is 25.7 Å². The molecule has 6 heteroatoms. The van der Waals surface area contributed by atoms with E-state index >= 15 is 0 Å². The number of hydrogen-bond acceptors (Lipinski definition) is 3. The fourth-order valence-corrected chi connectivity index (χ4v) is 3.50. The summed E-state index contributed by atoms with van der Waals surface area (Å²) in [7, 11) is 0. The first-order chi connectivity index (χ1) is 10.1. The summed E-state index contributed by atoms with van der Waals surface area (Å²) in [6.07, 6.45) is 6.92. The molecule has 3 N–H and O–H groups in total. The van der Waals surface area contributed by atoms with Crippen molar-refractivity contribution in [3.8, 4) is 0 Å². The number of aliphatic hydroxyl groups excluding tert-OH is 1. The van der Waals surface area contributed by atoms with Crippen LogP contribution >= 0.6 is 0 Å². The topological polar surface area (TPSA) is 89.9 Å². The van der Waals surface area contributed by atoms with E-state index in [0.29, 0.717) is 19.4 Å². The maximum atomic E-state index is 12.4. The maximum absolute atomic E-state index is 12.4. The van der Waals surface area contributed by atoms with Gasteiger partial charge in [-0.3, -0.25) is 4.79 Å². The maximum Gasteiger partial charge on any atom is 0.317 e. The number of nitrogens with one attached hydrogen (secondary N) is 1. The van der Waals surface area contributed by atoms with Crippen molar-refractivity contribution >= 4 is 12.0 Å². The molecule has 1 aliphatic carbocycles. The molecule has 0 aromatic carbocycles. The van der Waals surface area contributed by atoms with E-state index in [2.05, 4.69) is 5.32 Å². The monoisotopic (exact) mass is 298 g/mol. The lowest BCUT2D eigenvalue weighted by atomic mass is 9.86. The smallest absolute Gasteiger partial charge is 0.317 e. The predicted octanol–water partition coefficient (Wildman–Crippen LogP) is 1.58. The van der Waals surface area contributed by atoms with Crippen molar-refractivity contribution in [2.75, 3.05) is 19.7 Å². The van der Waals surface area contributed by atoms with Crippen LogP contribution in [0, 0.1) is 5.41 Å². The molecule has 6 nitrogen and oxygen atoms in total. The molecule has 1 unspecified atom stereocenters. The summed E-state index contributed by atoms with van der Waals surface area (Å²) >= 11 is 0. The Hall–Kier alpha value is -1.30. The van der Waals surface area contributed by atoms with Gasteiger partial charge in [0, 0.05) is 13.1 Å². The number of carbonyl (C=O) groups excluding carboxylic acids is 1. The molecule has 2 amide bonds. The highest BCUT2D eigenvalue weighted by molar-refractivity contribution is 5.78. The van der Waals surface area contributed by atoms with E-state index in [0.717, 1.165) is 38.5 Å². The fourth-order valence-electron chi connectivity index (χ4n) is 3.50. The second-order valence-electron chi connectivity index (χ2n) is 6.33. The number of aliphatic carboxylic acids is 1. The third-order valence-corrected chi connectivity index (χ3v) is 4.94. The SMILES string of the molecule is O=C(NCC1(C(=O)O)CCCC1)N1CCCCCC1CO. The molecular formula is C15H26N2O4. The third-order valence-electron chi connectivity index (χ3n) is 4.94. The van der Waals surface area contributed by atoms with E-state index in [1.54, 1.807) is 4.90 Å². The molecule has 21 heavy (non-hydrogen) atoms. The molecule has 0 spiro atoms. The van der Waals surface area contributed by atoms with Gasteiger partial charge in [-0.1, -0.05) is 25.7 Å². The summed E-state index contributed by atoms with van der Waals surface area (Å²) in [5, 5.41) is 21.7. The molecule has 0 radical (unpaired) electrons. The Balaban J connectivity index is 1.94. The van der Waals surface area contributed by atoms with Crippen LogP contribution in [0.2, 0.25) is 0 Å². The van der Waals surface area contributed by atoms with Gasteiger partial charge >= 0.3 is 12.0 Å². The molecule has 0 aromatic heterocycles. The average Bonchev–Trinajstić information content (AvgIpc) is 2.83. The number of amides is 2. The summed E-state index contributed by atoms with van der Waals surface area (Å²) in [5.41, 5.74) is -0.795. The third kappa shape index (κ3) is 3.67. The van der Waals surface area contributed by atoms with Gasteiger partial charge in [0.2, 0.25) is 0 Å². The Bertz CT molecular complexity index is 380. The zero-order chi connectivity index (χ0) is 15.3. The van der Waals surface area contributed by atoms with Gasteiger partial charge < -0.3 is 20.4 Å². The van der Waals surface area contributed by atoms with E-state index < -0.39 is 11.4 Å². The van der Waals surface area contributed by atoms with Gasteiger partial charge in [-0.15, -0.1) is 0 Å². The van der Waals surface area contributed by atoms with Gasteiger partial charge in [0.05, 0.1) is 18.1 Å². The molecule has 1 saturated heterocycles. The highest BCUT2D eigenvalue weighted by Gasteiger charge is 2.41. The standard InChI is InChI=1S/C15H26N2O4/c18-10-12-6-2-1-5-9-17(12)14(21)16-11-15(13(19)20)7-3-4-8-15/h12,18H,1-11H2,(H,16,21)(H,19,20). The molecule has 1 aliphatic heterocycles. The van der Waals surface area contributed by atoms with Crippen LogP contribution in [-0.4, -0.2) is 52.9 Å². The second-order valence-corrected chi connectivity index (χ2v) is 6.33. The number of urea groups is 1. The molecule has 0 bridgehead atoms. The molecule has 2 fully saturated rings. The van der Waals surface area contributed by atoms with Crippen LogP contribution in [0.4, 0.5) is 4.79 Å².